The van der Waals surface area contributed by atoms with Crippen molar-refractivity contribution in [3.63, 3.8) is 0 Å². The van der Waals surface area contributed by atoms with Gasteiger partial charge in [-0.15, -0.1) is 0 Å². The number of allylic oxidation sites excluding steroid dienone is 1. The number of fused-ring (bicyclic) bond motifs is 3. The molecule has 0 bridgehead atoms. The largest absolute Gasteiger partial charge is 0.510 e. The maximum atomic E-state index is 13.9. The van der Waals surface area contributed by atoms with Crippen LogP contribution < -0.4 is 21.7 Å². The summed E-state index contributed by atoms with van der Waals surface area (Å²) >= 11 is 0. The van der Waals surface area contributed by atoms with Crippen molar-refractivity contribution in [3.8, 4) is 5.75 Å². The van der Waals surface area contributed by atoms with Gasteiger partial charge in [-0.05, 0) is 68.8 Å². The summed E-state index contributed by atoms with van der Waals surface area (Å²) < 4.78 is 0. The van der Waals surface area contributed by atoms with Crippen molar-refractivity contribution in [1.82, 2.24) is 4.90 Å². The third kappa shape index (κ3) is 5.59. The summed E-state index contributed by atoms with van der Waals surface area (Å²) in [6.07, 6.45) is 0.104. The molecule has 0 spiro atoms. The molecule has 3 unspecified atom stereocenters. The second kappa shape index (κ2) is 12.2. The first kappa shape index (κ1) is 33.2. The first-order valence-electron chi connectivity index (χ1n) is 15.0. The molecule has 0 heterocycles. The Morgan fingerprint density at radius 2 is 1.64 bits per heavy atom. The Labute approximate surface area is 269 Å². The Hall–Kier alpha value is -5.21. The third-order valence-corrected chi connectivity index (χ3v) is 9.00. The van der Waals surface area contributed by atoms with E-state index in [-0.39, 0.29) is 48.0 Å². The van der Waals surface area contributed by atoms with Crippen molar-refractivity contribution in [2.75, 3.05) is 36.6 Å². The number of phenols is 1. The van der Waals surface area contributed by atoms with Crippen molar-refractivity contribution in [2.24, 2.45) is 23.5 Å². The number of likely N-dealkylation sites (N-methyl/N-ethyl adjacent to an activating group) is 1. The number of primary amides is 1. The first-order valence-corrected chi connectivity index (χ1v) is 15.0. The van der Waals surface area contributed by atoms with Crippen LogP contribution in [0.1, 0.15) is 36.2 Å². The number of carbonyl (C=O) groups excluding carboxylic acids is 5. The van der Waals surface area contributed by atoms with Gasteiger partial charge in [-0.1, -0.05) is 19.9 Å². The van der Waals surface area contributed by atoms with Crippen LogP contribution in [0.4, 0.5) is 17.1 Å². The Morgan fingerprint density at radius 3 is 2.23 bits per heavy atom. The monoisotopic (exact) mass is 647 g/mol. The number of amides is 3. The van der Waals surface area contributed by atoms with Crippen molar-refractivity contribution in [2.45, 2.75) is 38.3 Å². The molecule has 248 valence electrons. The molecule has 3 aliphatic rings. The molecule has 0 fully saturated rings. The molecule has 3 amide bonds. The summed E-state index contributed by atoms with van der Waals surface area (Å²) in [5.74, 6) is -8.33. The van der Waals surface area contributed by atoms with E-state index >= 15 is 0 Å². The number of hydrogen-bond donors (Lipinski definition) is 8. The number of Topliss-reactive ketones (excluding diaryl/α,β-unsaturated/α-hetero) is 2. The Kier molecular flexibility index (Phi) is 8.60. The Morgan fingerprint density at radius 1 is 1.00 bits per heavy atom. The van der Waals surface area contributed by atoms with Crippen LogP contribution in [0.5, 0.6) is 5.75 Å². The molecule has 14 heteroatoms. The molecule has 0 aliphatic heterocycles. The van der Waals surface area contributed by atoms with Gasteiger partial charge in [0.2, 0.25) is 17.6 Å². The van der Waals surface area contributed by atoms with Gasteiger partial charge < -0.3 is 42.1 Å². The standard InChI is InChI=1S/C33H37N5O9/c1-14(2)32(46)36-18-8-6-17(7-9-18)35-13-21(39)37-20-10-5-15-11-16-12-19-25(38(3)4)28(42)24(31(34)45)30(44)33(19,47)29(43)23(16)27(41)22(15)26(20)40/h5-10,14,16,19,25,35,40,42-43,47H,11-13H2,1-4H3,(H2,34,45)(H,36,46)(H,37,39)/t16?,19?,25-,33?/m0/s1. The number of rotatable bonds is 8. The highest BCUT2D eigenvalue weighted by molar-refractivity contribution is 6.25. The van der Waals surface area contributed by atoms with Crippen LogP contribution in [0, 0.1) is 17.8 Å². The molecule has 2 aromatic rings. The van der Waals surface area contributed by atoms with Crippen LogP contribution in [0.15, 0.2) is 59.1 Å². The fourth-order valence-corrected chi connectivity index (χ4v) is 6.66. The number of benzene rings is 2. The zero-order valence-corrected chi connectivity index (χ0v) is 26.2. The lowest BCUT2D eigenvalue weighted by molar-refractivity contribution is -0.148. The summed E-state index contributed by atoms with van der Waals surface area (Å²) in [6.45, 7) is 3.35. The van der Waals surface area contributed by atoms with Crippen LogP contribution in [0.25, 0.3) is 0 Å². The quantitative estimate of drug-likeness (QED) is 0.152. The summed E-state index contributed by atoms with van der Waals surface area (Å²) in [7, 11) is 3.11. The fraction of sp³-hybridized carbons (Fsp3) is 0.364. The molecular formula is C33H37N5O9. The van der Waals surface area contributed by atoms with Gasteiger partial charge in [-0.3, -0.25) is 28.9 Å². The lowest BCUT2D eigenvalue weighted by Gasteiger charge is -2.50. The second-order valence-electron chi connectivity index (χ2n) is 12.6. The highest BCUT2D eigenvalue weighted by atomic mass is 16.3. The maximum Gasteiger partial charge on any atom is 0.255 e. The van der Waals surface area contributed by atoms with Crippen LogP contribution >= 0.6 is 0 Å². The molecule has 2 aromatic carbocycles. The lowest BCUT2D eigenvalue weighted by Crippen LogP contribution is -2.63. The minimum atomic E-state index is -2.74. The normalized spacial score (nSPS) is 23.7. The summed E-state index contributed by atoms with van der Waals surface area (Å²) in [4.78, 5) is 65.6. The summed E-state index contributed by atoms with van der Waals surface area (Å²) in [5.41, 5.74) is 2.76. The molecule has 47 heavy (non-hydrogen) atoms. The van der Waals surface area contributed by atoms with Gasteiger partial charge in [0.05, 0.1) is 23.8 Å². The molecule has 3 aliphatic carbocycles. The van der Waals surface area contributed by atoms with E-state index in [0.29, 0.717) is 16.9 Å². The Balaban J connectivity index is 1.38. The van der Waals surface area contributed by atoms with Crippen molar-refractivity contribution >= 4 is 46.4 Å². The number of nitrogens with two attached hydrogens (primary N) is 1. The van der Waals surface area contributed by atoms with E-state index in [0.717, 1.165) is 0 Å². The predicted molar refractivity (Wildman–Crippen MR) is 171 cm³/mol. The van der Waals surface area contributed by atoms with Crippen molar-refractivity contribution < 1.29 is 44.4 Å². The number of aromatic hydroxyl groups is 1. The minimum absolute atomic E-state index is 0.0260. The third-order valence-electron chi connectivity index (χ3n) is 9.00. The fourth-order valence-electron chi connectivity index (χ4n) is 6.66. The van der Waals surface area contributed by atoms with Gasteiger partial charge in [0.15, 0.2) is 17.1 Å². The average Bonchev–Trinajstić information content (AvgIpc) is 2.99. The van der Waals surface area contributed by atoms with Crippen LogP contribution in [0.2, 0.25) is 0 Å². The highest BCUT2D eigenvalue weighted by Crippen LogP contribution is 2.52. The number of nitrogens with one attached hydrogen (secondary N) is 3. The van der Waals surface area contributed by atoms with E-state index < -0.39 is 69.7 Å². The smallest absolute Gasteiger partial charge is 0.255 e. The van der Waals surface area contributed by atoms with Crippen molar-refractivity contribution in [1.29, 1.82) is 0 Å². The topological polar surface area (TPSA) is 232 Å². The van der Waals surface area contributed by atoms with Gasteiger partial charge >= 0.3 is 0 Å². The molecule has 5 rings (SSSR count). The van der Waals surface area contributed by atoms with E-state index in [4.69, 9.17) is 5.73 Å². The van der Waals surface area contributed by atoms with Crippen molar-refractivity contribution in [3.05, 3.63) is 70.2 Å². The SMILES string of the molecule is CC(C)C(=O)Nc1ccc(NCC(=O)Nc2ccc3c(c2O)C(=O)C2=C(O)C4(O)C(=O)C(C(N)=O)=C(O)[C@@H](N(C)C)C4CC2C3)cc1. The zero-order valence-electron chi connectivity index (χ0n) is 26.2. The molecule has 0 saturated carbocycles. The zero-order chi connectivity index (χ0) is 34.5. The van der Waals surface area contributed by atoms with E-state index in [1.165, 1.54) is 11.0 Å². The highest BCUT2D eigenvalue weighted by Gasteiger charge is 2.63. The van der Waals surface area contributed by atoms with Crippen LogP contribution in [-0.2, 0) is 25.6 Å². The molecule has 14 nitrogen and oxygen atoms in total. The van der Waals surface area contributed by atoms with Crippen LogP contribution in [0.3, 0.4) is 0 Å². The van der Waals surface area contributed by atoms with E-state index in [9.17, 15) is 44.4 Å². The van der Waals surface area contributed by atoms with Gasteiger partial charge in [0.1, 0.15) is 17.1 Å². The van der Waals surface area contributed by atoms with Gasteiger partial charge in [0.25, 0.3) is 5.91 Å². The number of ketones is 2. The number of nitrogens with zero attached hydrogens (tertiary/aromatic N) is 1. The number of aliphatic hydroxyl groups excluding tert-OH is 2. The Bertz CT molecular complexity index is 1760. The van der Waals surface area contributed by atoms with Crippen LogP contribution in [-0.4, -0.2) is 86.9 Å². The van der Waals surface area contributed by atoms with E-state index in [2.05, 4.69) is 16.0 Å². The molecule has 0 radical (unpaired) electrons. The van der Waals surface area contributed by atoms with Gasteiger partial charge in [0, 0.05) is 28.8 Å². The molecular weight excluding hydrogens is 610 g/mol. The summed E-state index contributed by atoms with van der Waals surface area (Å²) in [5, 5.41) is 53.4. The number of phenolic OH excluding ortho intramolecular Hbond substituents is 1. The second-order valence-corrected chi connectivity index (χ2v) is 12.6. The lowest BCUT2D eigenvalue weighted by atomic mass is 9.58. The summed E-state index contributed by atoms with van der Waals surface area (Å²) in [6, 6.07) is 8.64. The predicted octanol–water partition coefficient (Wildman–Crippen LogP) is 1.77. The molecule has 0 saturated heterocycles. The number of carbonyl (C=O) groups is 5. The van der Waals surface area contributed by atoms with E-state index in [1.807, 2.05) is 0 Å². The number of aliphatic hydroxyl groups is 3. The molecule has 0 aromatic heterocycles. The minimum Gasteiger partial charge on any atom is -0.510 e. The van der Waals surface area contributed by atoms with Gasteiger partial charge in [-0.2, -0.15) is 0 Å². The first-order chi connectivity index (χ1) is 22.1. The number of hydrogen-bond acceptors (Lipinski definition) is 11. The maximum absolute atomic E-state index is 13.9. The van der Waals surface area contributed by atoms with Gasteiger partial charge in [-0.25, -0.2) is 0 Å². The average molecular weight is 648 g/mol. The van der Waals surface area contributed by atoms with E-state index in [1.54, 1.807) is 58.3 Å². The molecule has 4 atom stereocenters. The molecule has 9 N–H and O–H groups in total. The number of anilines is 3.